The van der Waals surface area contributed by atoms with Crippen LogP contribution in [-0.4, -0.2) is 22.4 Å². The third kappa shape index (κ3) is 2.44. The number of nitrogens with zero attached hydrogens (tertiary/aromatic N) is 3. The second-order valence-corrected chi connectivity index (χ2v) is 5.14. The number of fused-ring (bicyclic) bond motifs is 1. The number of thioether (sulfide) groups is 1. The number of imidazole rings is 1. The Balaban J connectivity index is 2.29. The molecule has 0 bridgehead atoms. The molecule has 0 aliphatic rings. The molecule has 18 heavy (non-hydrogen) atoms. The number of methoxy groups -OCH3 is 1. The zero-order valence-electron chi connectivity index (χ0n) is 10.7. The monoisotopic (exact) mass is 261 g/mol. The summed E-state index contributed by atoms with van der Waals surface area (Å²) in [5.41, 5.74) is 1.99. The number of hydrogen-bond acceptors (Lipinski definition) is 4. The molecule has 0 saturated carbocycles. The Morgan fingerprint density at radius 2 is 2.33 bits per heavy atom. The molecule has 2 aromatic rings. The highest BCUT2D eigenvalue weighted by Crippen LogP contribution is 2.26. The van der Waals surface area contributed by atoms with Crippen molar-refractivity contribution in [2.45, 2.75) is 12.1 Å². The topological polar surface area (TPSA) is 50.8 Å². The lowest BCUT2D eigenvalue weighted by Gasteiger charge is -2.03. The molecule has 0 radical (unpaired) electrons. The van der Waals surface area contributed by atoms with Crippen LogP contribution in [0.5, 0.6) is 5.75 Å². The highest BCUT2D eigenvalue weighted by Gasteiger charge is 2.10. The molecule has 0 saturated heterocycles. The van der Waals surface area contributed by atoms with Gasteiger partial charge in [-0.25, -0.2) is 4.98 Å². The molecule has 0 amide bonds. The van der Waals surface area contributed by atoms with E-state index >= 15 is 0 Å². The van der Waals surface area contributed by atoms with Gasteiger partial charge in [-0.3, -0.25) is 0 Å². The van der Waals surface area contributed by atoms with Gasteiger partial charge in [-0.05, 0) is 19.1 Å². The normalized spacial score (nSPS) is 12.3. The smallest absolute Gasteiger partial charge is 0.168 e. The Bertz CT molecular complexity index is 600. The van der Waals surface area contributed by atoms with Crippen LogP contribution in [0, 0.1) is 17.2 Å². The molecular weight excluding hydrogens is 246 g/mol. The van der Waals surface area contributed by atoms with E-state index in [2.05, 4.69) is 11.1 Å². The quantitative estimate of drug-likeness (QED) is 0.794. The van der Waals surface area contributed by atoms with Crippen LogP contribution in [-0.2, 0) is 7.05 Å². The van der Waals surface area contributed by atoms with E-state index in [0.29, 0.717) is 0 Å². The second-order valence-electron chi connectivity index (χ2n) is 4.15. The van der Waals surface area contributed by atoms with Crippen molar-refractivity contribution < 1.29 is 4.74 Å². The third-order valence-electron chi connectivity index (χ3n) is 2.73. The Morgan fingerprint density at radius 3 is 3.00 bits per heavy atom. The summed E-state index contributed by atoms with van der Waals surface area (Å²) < 4.78 is 7.23. The van der Waals surface area contributed by atoms with Crippen LogP contribution >= 0.6 is 11.8 Å². The van der Waals surface area contributed by atoms with Gasteiger partial charge in [0.15, 0.2) is 5.16 Å². The van der Waals surface area contributed by atoms with E-state index in [1.165, 1.54) is 0 Å². The van der Waals surface area contributed by atoms with Gasteiger partial charge in [-0.2, -0.15) is 5.26 Å². The van der Waals surface area contributed by atoms with Gasteiger partial charge in [0.2, 0.25) is 0 Å². The van der Waals surface area contributed by atoms with E-state index in [4.69, 9.17) is 10.00 Å². The fourth-order valence-electron chi connectivity index (χ4n) is 1.65. The van der Waals surface area contributed by atoms with Crippen molar-refractivity contribution in [3.8, 4) is 11.8 Å². The lowest BCUT2D eigenvalue weighted by atomic mass is 10.3. The van der Waals surface area contributed by atoms with Crippen LogP contribution in [0.2, 0.25) is 0 Å². The molecule has 0 aliphatic heterocycles. The van der Waals surface area contributed by atoms with E-state index in [1.807, 2.05) is 36.7 Å². The Morgan fingerprint density at radius 1 is 1.56 bits per heavy atom. The van der Waals surface area contributed by atoms with Crippen molar-refractivity contribution in [3.05, 3.63) is 18.2 Å². The third-order valence-corrected chi connectivity index (χ3v) is 4.02. The van der Waals surface area contributed by atoms with E-state index in [1.54, 1.807) is 18.9 Å². The summed E-state index contributed by atoms with van der Waals surface area (Å²) in [6, 6.07) is 8.08. The molecule has 1 heterocycles. The molecule has 1 aromatic carbocycles. The van der Waals surface area contributed by atoms with Crippen LogP contribution < -0.4 is 4.74 Å². The Kier molecular flexibility index (Phi) is 3.78. The molecule has 0 N–H and O–H groups in total. The lowest BCUT2D eigenvalue weighted by molar-refractivity contribution is 0.415. The molecule has 4 nitrogen and oxygen atoms in total. The van der Waals surface area contributed by atoms with E-state index in [-0.39, 0.29) is 5.92 Å². The molecule has 1 atom stereocenters. The van der Waals surface area contributed by atoms with E-state index in [0.717, 1.165) is 27.7 Å². The van der Waals surface area contributed by atoms with Crippen molar-refractivity contribution in [1.29, 1.82) is 5.26 Å². The highest BCUT2D eigenvalue weighted by molar-refractivity contribution is 7.99. The minimum absolute atomic E-state index is 0.0318. The van der Waals surface area contributed by atoms with Crippen LogP contribution in [0.1, 0.15) is 6.92 Å². The van der Waals surface area contributed by atoms with Gasteiger partial charge in [0.25, 0.3) is 0 Å². The molecule has 2 rings (SSSR count). The minimum atomic E-state index is 0.0318. The number of nitriles is 1. The standard InChI is InChI=1S/C13H15N3OS/c1-9(7-14)8-18-13-15-11-6-10(17-3)4-5-12(11)16(13)2/h4-6,9H,8H2,1-3H3. The second kappa shape index (κ2) is 5.32. The van der Waals surface area contributed by atoms with Gasteiger partial charge < -0.3 is 9.30 Å². The van der Waals surface area contributed by atoms with E-state index in [9.17, 15) is 0 Å². The van der Waals surface area contributed by atoms with Crippen molar-refractivity contribution in [1.82, 2.24) is 9.55 Å². The largest absolute Gasteiger partial charge is 0.497 e. The molecule has 1 aromatic heterocycles. The molecule has 0 aliphatic carbocycles. The maximum Gasteiger partial charge on any atom is 0.168 e. The summed E-state index contributed by atoms with van der Waals surface area (Å²) in [4.78, 5) is 4.56. The number of hydrogen-bond donors (Lipinski definition) is 0. The van der Waals surface area contributed by atoms with Crippen molar-refractivity contribution >= 4 is 22.8 Å². The summed E-state index contributed by atoms with van der Waals surface area (Å²) in [5, 5.41) is 9.71. The van der Waals surface area contributed by atoms with Gasteiger partial charge >= 0.3 is 0 Å². The van der Waals surface area contributed by atoms with Crippen LogP contribution in [0.3, 0.4) is 0 Å². The van der Waals surface area contributed by atoms with Crippen LogP contribution in [0.15, 0.2) is 23.4 Å². The van der Waals surface area contributed by atoms with Crippen LogP contribution in [0.4, 0.5) is 0 Å². The van der Waals surface area contributed by atoms with E-state index < -0.39 is 0 Å². The van der Waals surface area contributed by atoms with Gasteiger partial charge in [0.05, 0.1) is 30.1 Å². The highest BCUT2D eigenvalue weighted by atomic mass is 32.2. The van der Waals surface area contributed by atoms with Gasteiger partial charge in [-0.1, -0.05) is 11.8 Å². The fraction of sp³-hybridized carbons (Fsp3) is 0.385. The first-order valence-corrected chi connectivity index (χ1v) is 6.67. The summed E-state index contributed by atoms with van der Waals surface area (Å²) in [7, 11) is 3.63. The lowest BCUT2D eigenvalue weighted by Crippen LogP contribution is -1.97. The first-order valence-electron chi connectivity index (χ1n) is 5.68. The number of ether oxygens (including phenoxy) is 1. The van der Waals surface area contributed by atoms with Crippen molar-refractivity contribution in [3.63, 3.8) is 0 Å². The Labute approximate surface area is 111 Å². The van der Waals surface area contributed by atoms with Crippen LogP contribution in [0.25, 0.3) is 11.0 Å². The first kappa shape index (κ1) is 12.8. The van der Waals surface area contributed by atoms with Gasteiger partial charge in [-0.15, -0.1) is 0 Å². The molecule has 94 valence electrons. The Hall–Kier alpha value is -1.67. The predicted octanol–water partition coefficient (Wildman–Crippen LogP) is 2.83. The zero-order valence-corrected chi connectivity index (χ0v) is 11.5. The predicted molar refractivity (Wildman–Crippen MR) is 72.8 cm³/mol. The first-order chi connectivity index (χ1) is 8.65. The number of aromatic nitrogens is 2. The molecule has 1 unspecified atom stereocenters. The average molecular weight is 261 g/mol. The molecule has 0 spiro atoms. The van der Waals surface area contributed by atoms with Gasteiger partial charge in [0.1, 0.15) is 5.75 Å². The summed E-state index contributed by atoms with van der Waals surface area (Å²) >= 11 is 1.61. The molecule has 5 heteroatoms. The van der Waals surface area contributed by atoms with Crippen molar-refractivity contribution in [2.24, 2.45) is 13.0 Å². The maximum atomic E-state index is 8.78. The SMILES string of the molecule is COc1ccc2c(c1)nc(SCC(C)C#N)n2C. The molecular formula is C13H15N3OS. The van der Waals surface area contributed by atoms with Crippen molar-refractivity contribution in [2.75, 3.05) is 12.9 Å². The summed E-state index contributed by atoms with van der Waals surface area (Å²) in [6.45, 7) is 1.92. The minimum Gasteiger partial charge on any atom is -0.497 e. The fourth-order valence-corrected chi connectivity index (χ4v) is 2.58. The van der Waals surface area contributed by atoms with Gasteiger partial charge in [0, 0.05) is 18.9 Å². The number of aryl methyl sites for hydroxylation is 1. The summed E-state index contributed by atoms with van der Waals surface area (Å²) in [5.74, 6) is 1.59. The maximum absolute atomic E-state index is 8.78. The number of rotatable bonds is 4. The zero-order chi connectivity index (χ0) is 13.1. The average Bonchev–Trinajstić information content (AvgIpc) is 2.72. The molecule has 0 fully saturated rings. The summed E-state index contributed by atoms with van der Waals surface area (Å²) in [6.07, 6.45) is 0. The number of benzene rings is 1.